The zero-order valence-corrected chi connectivity index (χ0v) is 31.8. The first-order valence-electron chi connectivity index (χ1n) is 18.6. The second kappa shape index (κ2) is 19.0. The molecule has 4 rings (SSSR count). The van der Waals surface area contributed by atoms with Crippen LogP contribution < -0.4 is 10.6 Å². The number of hydrogen-bond donors (Lipinski definition) is 2. The molecule has 2 N–H and O–H groups in total. The van der Waals surface area contributed by atoms with E-state index in [1.807, 2.05) is 51.2 Å². The average Bonchev–Trinajstić information content (AvgIpc) is 3.97. The van der Waals surface area contributed by atoms with E-state index in [2.05, 4.69) is 20.5 Å². The van der Waals surface area contributed by atoms with Crippen LogP contribution in [0.5, 0.6) is 0 Å². The van der Waals surface area contributed by atoms with E-state index in [0.29, 0.717) is 18.5 Å². The molecule has 2 heterocycles. The van der Waals surface area contributed by atoms with Crippen molar-refractivity contribution in [3.63, 3.8) is 0 Å². The summed E-state index contributed by atoms with van der Waals surface area (Å²) >= 11 is 0. The highest BCUT2D eigenvalue weighted by atomic mass is 16.5. The molecule has 52 heavy (non-hydrogen) atoms. The summed E-state index contributed by atoms with van der Waals surface area (Å²) in [5, 5.41) is 6.16. The summed E-state index contributed by atoms with van der Waals surface area (Å²) < 4.78 is 10.7. The van der Waals surface area contributed by atoms with Gasteiger partial charge in [0.15, 0.2) is 0 Å². The third-order valence-electron chi connectivity index (χ3n) is 10.3. The second-order valence-electron chi connectivity index (χ2n) is 14.9. The number of aromatic nitrogens is 1. The van der Waals surface area contributed by atoms with E-state index >= 15 is 0 Å². The van der Waals surface area contributed by atoms with Crippen LogP contribution in [0.2, 0.25) is 0 Å². The van der Waals surface area contributed by atoms with Crippen molar-refractivity contribution in [2.45, 2.75) is 109 Å². The van der Waals surface area contributed by atoms with Gasteiger partial charge in [0.05, 0.1) is 24.8 Å². The Balaban J connectivity index is 1.52. The molecular weight excluding hydrogens is 662 g/mol. The van der Waals surface area contributed by atoms with Crippen molar-refractivity contribution in [2.75, 3.05) is 27.7 Å². The van der Waals surface area contributed by atoms with Crippen LogP contribution in [-0.4, -0.2) is 96.4 Å². The average molecular weight is 720 g/mol. The zero-order chi connectivity index (χ0) is 37.9. The Morgan fingerprint density at radius 1 is 0.942 bits per heavy atom. The largest absolute Gasteiger partial charge is 0.469 e. The van der Waals surface area contributed by atoms with E-state index in [0.717, 1.165) is 44.2 Å². The van der Waals surface area contributed by atoms with Crippen LogP contribution in [0, 0.1) is 17.8 Å². The molecule has 1 saturated heterocycles. The molecule has 0 unspecified atom stereocenters. The first-order chi connectivity index (χ1) is 24.8. The number of likely N-dealkylation sites (tertiary alicyclic amines) is 1. The quantitative estimate of drug-likeness (QED) is 0.226. The Morgan fingerprint density at radius 3 is 2.27 bits per heavy atom. The Labute approximate surface area is 308 Å². The van der Waals surface area contributed by atoms with E-state index in [1.54, 1.807) is 37.1 Å². The van der Waals surface area contributed by atoms with E-state index < -0.39 is 29.9 Å². The van der Waals surface area contributed by atoms with Gasteiger partial charge in [0.2, 0.25) is 11.8 Å². The number of likely N-dealkylation sites (N-methyl/N-ethyl adjacent to an activating group) is 2. The predicted molar refractivity (Wildman–Crippen MR) is 197 cm³/mol. The molecule has 1 aromatic heterocycles. The highest BCUT2D eigenvalue weighted by Crippen LogP contribution is 2.35. The van der Waals surface area contributed by atoms with Gasteiger partial charge >= 0.3 is 11.9 Å². The van der Waals surface area contributed by atoms with Gasteiger partial charge < -0.3 is 25.0 Å². The number of benzene rings is 1. The molecule has 1 aliphatic carbocycles. The fourth-order valence-corrected chi connectivity index (χ4v) is 7.21. The molecular formula is C40H57N5O7. The lowest BCUT2D eigenvalue weighted by Gasteiger charge is -2.37. The van der Waals surface area contributed by atoms with Crippen molar-refractivity contribution < 1.29 is 33.4 Å². The van der Waals surface area contributed by atoms with Crippen LogP contribution in [0.4, 0.5) is 0 Å². The summed E-state index contributed by atoms with van der Waals surface area (Å²) in [5.41, 5.74) is 1.52. The molecule has 284 valence electrons. The summed E-state index contributed by atoms with van der Waals surface area (Å²) in [6, 6.07) is 13.0. The lowest BCUT2D eigenvalue weighted by molar-refractivity contribution is -0.149. The molecule has 2 aliphatic rings. The van der Waals surface area contributed by atoms with Crippen LogP contribution in [0.25, 0.3) is 0 Å². The van der Waals surface area contributed by atoms with Gasteiger partial charge in [-0.25, -0.2) is 4.98 Å². The minimum atomic E-state index is -0.850. The van der Waals surface area contributed by atoms with Gasteiger partial charge in [-0.1, -0.05) is 63.6 Å². The van der Waals surface area contributed by atoms with Gasteiger partial charge in [-0.3, -0.25) is 28.9 Å². The van der Waals surface area contributed by atoms with E-state index in [1.165, 1.54) is 14.0 Å². The summed E-state index contributed by atoms with van der Waals surface area (Å²) in [6.45, 7) is 7.94. The fraction of sp³-hybridized carbons (Fsp3) is 0.600. The maximum absolute atomic E-state index is 14.1. The van der Waals surface area contributed by atoms with Crippen LogP contribution in [-0.2, 0) is 35.1 Å². The van der Waals surface area contributed by atoms with Crippen LogP contribution >= 0.6 is 0 Å². The first kappa shape index (κ1) is 40.5. The highest BCUT2D eigenvalue weighted by Gasteiger charge is 2.42. The fourth-order valence-electron chi connectivity index (χ4n) is 7.21. The molecule has 2 fully saturated rings. The third-order valence-corrected chi connectivity index (χ3v) is 10.3. The van der Waals surface area contributed by atoms with E-state index in [4.69, 9.17) is 9.47 Å². The van der Waals surface area contributed by atoms with Gasteiger partial charge in [0, 0.05) is 32.5 Å². The Hall–Kier alpha value is -4.32. The van der Waals surface area contributed by atoms with Crippen molar-refractivity contribution in [1.82, 2.24) is 25.4 Å². The van der Waals surface area contributed by atoms with Gasteiger partial charge in [0.25, 0.3) is 5.91 Å². The van der Waals surface area contributed by atoms with Crippen molar-refractivity contribution in [1.29, 1.82) is 0 Å². The molecule has 0 bridgehead atoms. The van der Waals surface area contributed by atoms with Crippen molar-refractivity contribution in [2.24, 2.45) is 17.8 Å². The minimum Gasteiger partial charge on any atom is -0.469 e. The topological polar surface area (TPSA) is 147 Å². The first-order valence-corrected chi connectivity index (χ1v) is 18.6. The molecule has 1 saturated carbocycles. The molecule has 12 heteroatoms. The number of esters is 2. The Morgan fingerprint density at radius 2 is 1.65 bits per heavy atom. The molecule has 6 atom stereocenters. The third kappa shape index (κ3) is 11.3. The van der Waals surface area contributed by atoms with Crippen LogP contribution in [0.1, 0.15) is 100 Å². The molecule has 1 aromatic carbocycles. The van der Waals surface area contributed by atoms with Crippen molar-refractivity contribution in [3.05, 3.63) is 65.5 Å². The Bertz CT molecular complexity index is 1530. The van der Waals surface area contributed by atoms with Crippen LogP contribution in [0.15, 0.2) is 48.5 Å². The van der Waals surface area contributed by atoms with Gasteiger partial charge in [-0.05, 0) is 81.6 Å². The zero-order valence-electron chi connectivity index (χ0n) is 31.8. The SMILES string of the molecule is COC(=O)[C@@H](C)C[C@H](Cc1ccccc1)NC(=O)c1cccc([C@@H](C[C@H](C(C)C)N(C)C(=O)[C@@H](NC(=O)[C@H]2CCCCN2C)C2CC2)OC(C)=O)n1. The summed E-state index contributed by atoms with van der Waals surface area (Å²) in [4.78, 5) is 74.2. The molecule has 1 aliphatic heterocycles. The lowest BCUT2D eigenvalue weighted by atomic mass is 9.93. The van der Waals surface area contributed by atoms with Crippen LogP contribution in [0.3, 0.4) is 0 Å². The smallest absolute Gasteiger partial charge is 0.308 e. The molecule has 2 aromatic rings. The number of methoxy groups -OCH3 is 1. The van der Waals surface area contributed by atoms with Crippen molar-refractivity contribution in [3.8, 4) is 0 Å². The number of ether oxygens (including phenoxy) is 2. The normalized spacial score (nSPS) is 19.0. The number of nitrogens with one attached hydrogen (secondary N) is 2. The summed E-state index contributed by atoms with van der Waals surface area (Å²) in [6.07, 6.45) is 4.81. The van der Waals surface area contributed by atoms with Gasteiger partial charge in [0.1, 0.15) is 17.8 Å². The summed E-state index contributed by atoms with van der Waals surface area (Å²) in [7, 11) is 5.04. The number of amides is 3. The monoisotopic (exact) mass is 719 g/mol. The standard InChI is InChI=1S/C40H57N5O7/c1-25(2)34(45(6)39(49)36(29-19-20-29)43-38(48)33-18-11-12-21-44(33)5)24-35(52-27(4)46)31-16-13-17-32(42-31)37(47)41-30(22-26(3)40(50)51-7)23-28-14-9-8-10-15-28/h8-10,13-17,25-26,29-30,33-36H,11-12,18-24H2,1-7H3,(H,41,47)(H,43,48)/t26-,30+,33+,34+,35+,36-/m0/s1. The van der Waals surface area contributed by atoms with Gasteiger partial charge in [-0.15, -0.1) is 0 Å². The molecule has 3 amide bonds. The number of carbonyl (C=O) groups is 5. The maximum atomic E-state index is 14.1. The lowest BCUT2D eigenvalue weighted by Crippen LogP contribution is -2.56. The predicted octanol–water partition coefficient (Wildman–Crippen LogP) is 4.48. The summed E-state index contributed by atoms with van der Waals surface area (Å²) in [5.74, 6) is -1.97. The Kier molecular flexibility index (Phi) is 14.7. The van der Waals surface area contributed by atoms with Gasteiger partial charge in [-0.2, -0.15) is 0 Å². The maximum Gasteiger partial charge on any atom is 0.308 e. The number of piperidine rings is 1. The number of carbonyl (C=O) groups excluding carboxylic acids is 5. The number of hydrogen-bond acceptors (Lipinski definition) is 9. The molecule has 0 spiro atoms. The second-order valence-corrected chi connectivity index (χ2v) is 14.9. The highest BCUT2D eigenvalue weighted by molar-refractivity contribution is 5.92. The molecule has 12 nitrogen and oxygen atoms in total. The van der Waals surface area contributed by atoms with Crippen molar-refractivity contribution >= 4 is 29.7 Å². The van der Waals surface area contributed by atoms with E-state index in [9.17, 15) is 24.0 Å². The number of nitrogens with zero attached hydrogens (tertiary/aromatic N) is 3. The molecule has 0 radical (unpaired) electrons. The number of pyridine rings is 1. The van der Waals surface area contributed by atoms with E-state index in [-0.39, 0.29) is 59.9 Å². The minimum absolute atomic E-state index is 0.0333. The number of rotatable bonds is 17.